The largest absolute Gasteiger partial charge is 0.487 e. The van der Waals surface area contributed by atoms with Crippen molar-refractivity contribution in [3.05, 3.63) is 33.9 Å². The van der Waals surface area contributed by atoms with E-state index in [4.69, 9.17) is 10.00 Å². The summed E-state index contributed by atoms with van der Waals surface area (Å²) < 4.78 is 5.39. The molecule has 0 heterocycles. The van der Waals surface area contributed by atoms with E-state index < -0.39 is 4.92 Å². The molecule has 1 rings (SSSR count). The Morgan fingerprint density at radius 2 is 2.26 bits per heavy atom. The molecule has 0 fully saturated rings. The molecule has 0 aliphatic heterocycles. The summed E-state index contributed by atoms with van der Waals surface area (Å²) >= 11 is 0. The van der Waals surface area contributed by atoms with Crippen LogP contribution in [0.15, 0.2) is 18.2 Å². The van der Waals surface area contributed by atoms with E-state index in [0.717, 1.165) is 25.9 Å². The number of rotatable bonds is 8. The molecule has 0 spiro atoms. The summed E-state index contributed by atoms with van der Waals surface area (Å²) in [5, 5.41) is 22.8. The Kier molecular flexibility index (Phi) is 6.33. The molecule has 0 saturated carbocycles. The van der Waals surface area contributed by atoms with Crippen LogP contribution in [0.4, 0.5) is 5.69 Å². The molecule has 0 aliphatic carbocycles. The van der Waals surface area contributed by atoms with Crippen LogP contribution in [0.5, 0.6) is 5.75 Å². The number of nitro groups is 1. The molecule has 1 N–H and O–H groups in total. The van der Waals surface area contributed by atoms with Crippen LogP contribution in [-0.2, 0) is 0 Å². The quantitative estimate of drug-likeness (QED) is 0.441. The number of hydrogen-bond donors (Lipinski definition) is 1. The highest BCUT2D eigenvalue weighted by atomic mass is 16.6. The van der Waals surface area contributed by atoms with Crippen molar-refractivity contribution >= 4 is 5.69 Å². The molecular weight excluding hydrogens is 246 g/mol. The molecule has 6 heteroatoms. The van der Waals surface area contributed by atoms with Crippen molar-refractivity contribution in [3.8, 4) is 11.8 Å². The van der Waals surface area contributed by atoms with Crippen LogP contribution >= 0.6 is 0 Å². The van der Waals surface area contributed by atoms with E-state index in [0.29, 0.717) is 6.61 Å². The molecule has 1 aromatic rings. The van der Waals surface area contributed by atoms with Crippen LogP contribution in [0.1, 0.15) is 25.3 Å². The molecule has 102 valence electrons. The van der Waals surface area contributed by atoms with Crippen molar-refractivity contribution in [2.45, 2.75) is 19.8 Å². The first kappa shape index (κ1) is 14.9. The average Bonchev–Trinajstić information content (AvgIpc) is 2.42. The standard InChI is InChI=1S/C13H17N3O3/c1-2-6-15-7-3-8-19-13-5-4-11(10-14)9-12(13)16(17)18/h4-5,9,15H,2-3,6-8H2,1H3. The van der Waals surface area contributed by atoms with Crippen LogP contribution in [0, 0.1) is 21.4 Å². The van der Waals surface area contributed by atoms with Crippen molar-refractivity contribution in [1.82, 2.24) is 5.32 Å². The van der Waals surface area contributed by atoms with Gasteiger partial charge in [-0.05, 0) is 38.1 Å². The van der Waals surface area contributed by atoms with Gasteiger partial charge in [-0.15, -0.1) is 0 Å². The zero-order valence-electron chi connectivity index (χ0n) is 10.9. The summed E-state index contributed by atoms with van der Waals surface area (Å²) in [6.07, 6.45) is 1.85. The second-order valence-electron chi connectivity index (χ2n) is 4.00. The second kappa shape index (κ2) is 8.06. The average molecular weight is 263 g/mol. The zero-order chi connectivity index (χ0) is 14.1. The molecule has 0 saturated heterocycles. The first-order valence-corrected chi connectivity index (χ1v) is 6.21. The number of hydrogen-bond acceptors (Lipinski definition) is 5. The van der Waals surface area contributed by atoms with Gasteiger partial charge in [0, 0.05) is 6.07 Å². The number of nitriles is 1. The highest BCUT2D eigenvalue weighted by Gasteiger charge is 2.15. The van der Waals surface area contributed by atoms with E-state index in [-0.39, 0.29) is 17.0 Å². The Bertz CT molecular complexity index is 469. The SMILES string of the molecule is CCCNCCCOc1ccc(C#N)cc1[N+](=O)[O-]. The minimum atomic E-state index is -0.536. The van der Waals surface area contributed by atoms with Gasteiger partial charge in [-0.1, -0.05) is 6.92 Å². The first-order chi connectivity index (χ1) is 9.19. The van der Waals surface area contributed by atoms with Crippen molar-refractivity contribution in [1.29, 1.82) is 5.26 Å². The van der Waals surface area contributed by atoms with E-state index in [1.54, 1.807) is 0 Å². The molecule has 0 bridgehead atoms. The Morgan fingerprint density at radius 1 is 1.47 bits per heavy atom. The molecule has 6 nitrogen and oxygen atoms in total. The lowest BCUT2D eigenvalue weighted by Crippen LogP contribution is -2.18. The molecular formula is C13H17N3O3. The predicted octanol–water partition coefficient (Wildman–Crippen LogP) is 2.23. The summed E-state index contributed by atoms with van der Waals surface area (Å²) in [7, 11) is 0. The number of nitro benzene ring substituents is 1. The van der Waals surface area contributed by atoms with Crippen molar-refractivity contribution < 1.29 is 9.66 Å². The van der Waals surface area contributed by atoms with Crippen molar-refractivity contribution in [2.75, 3.05) is 19.7 Å². The van der Waals surface area contributed by atoms with E-state index in [1.165, 1.54) is 18.2 Å². The molecule has 0 atom stereocenters. The maximum Gasteiger partial charge on any atom is 0.312 e. The third kappa shape index (κ3) is 4.94. The van der Waals surface area contributed by atoms with E-state index >= 15 is 0 Å². The molecule has 0 aliphatic rings. The molecule has 0 radical (unpaired) electrons. The predicted molar refractivity (Wildman–Crippen MR) is 71.1 cm³/mol. The second-order valence-corrected chi connectivity index (χ2v) is 4.00. The van der Waals surface area contributed by atoms with Gasteiger partial charge in [0.15, 0.2) is 5.75 Å². The fourth-order valence-corrected chi connectivity index (χ4v) is 1.53. The highest BCUT2D eigenvalue weighted by Crippen LogP contribution is 2.27. The maximum atomic E-state index is 10.9. The minimum Gasteiger partial charge on any atom is -0.487 e. The lowest BCUT2D eigenvalue weighted by atomic mass is 10.2. The van der Waals surface area contributed by atoms with Gasteiger partial charge >= 0.3 is 5.69 Å². The smallest absolute Gasteiger partial charge is 0.312 e. The zero-order valence-corrected chi connectivity index (χ0v) is 10.9. The minimum absolute atomic E-state index is 0.166. The fraction of sp³-hybridized carbons (Fsp3) is 0.462. The lowest BCUT2D eigenvalue weighted by molar-refractivity contribution is -0.385. The number of benzene rings is 1. The van der Waals surface area contributed by atoms with Gasteiger partial charge in [0.25, 0.3) is 0 Å². The molecule has 0 unspecified atom stereocenters. The molecule has 0 aromatic heterocycles. The van der Waals surface area contributed by atoms with Crippen LogP contribution in [0.3, 0.4) is 0 Å². The number of nitrogens with one attached hydrogen (secondary N) is 1. The van der Waals surface area contributed by atoms with Gasteiger partial charge in [0.2, 0.25) is 0 Å². The van der Waals surface area contributed by atoms with E-state index in [1.807, 2.05) is 6.07 Å². The Morgan fingerprint density at radius 3 is 2.89 bits per heavy atom. The summed E-state index contributed by atoms with van der Waals surface area (Å²) in [5.74, 6) is 0.208. The van der Waals surface area contributed by atoms with Gasteiger partial charge in [-0.3, -0.25) is 10.1 Å². The van der Waals surface area contributed by atoms with Gasteiger partial charge < -0.3 is 10.1 Å². The molecule has 1 aromatic carbocycles. The fourth-order valence-electron chi connectivity index (χ4n) is 1.53. The van der Waals surface area contributed by atoms with Gasteiger partial charge in [-0.25, -0.2) is 0 Å². The third-order valence-corrected chi connectivity index (χ3v) is 2.47. The summed E-state index contributed by atoms with van der Waals surface area (Å²) in [6, 6.07) is 6.08. The van der Waals surface area contributed by atoms with Crippen molar-refractivity contribution in [3.63, 3.8) is 0 Å². The first-order valence-electron chi connectivity index (χ1n) is 6.21. The van der Waals surface area contributed by atoms with Crippen molar-refractivity contribution in [2.24, 2.45) is 0 Å². The molecule has 0 amide bonds. The summed E-state index contributed by atoms with van der Waals surface area (Å²) in [6.45, 7) is 4.27. The van der Waals surface area contributed by atoms with Gasteiger partial charge in [0.1, 0.15) is 0 Å². The monoisotopic (exact) mass is 263 g/mol. The Balaban J connectivity index is 2.53. The van der Waals surface area contributed by atoms with Crippen LogP contribution in [-0.4, -0.2) is 24.6 Å². The van der Waals surface area contributed by atoms with Crippen LogP contribution < -0.4 is 10.1 Å². The normalized spacial score (nSPS) is 9.89. The third-order valence-electron chi connectivity index (χ3n) is 2.47. The van der Waals surface area contributed by atoms with E-state index in [2.05, 4.69) is 12.2 Å². The van der Waals surface area contributed by atoms with E-state index in [9.17, 15) is 10.1 Å². The Hall–Kier alpha value is -2.13. The molecule has 19 heavy (non-hydrogen) atoms. The van der Waals surface area contributed by atoms with Crippen LogP contribution in [0.25, 0.3) is 0 Å². The topological polar surface area (TPSA) is 88.2 Å². The van der Waals surface area contributed by atoms with Crippen LogP contribution in [0.2, 0.25) is 0 Å². The van der Waals surface area contributed by atoms with Gasteiger partial charge in [0.05, 0.1) is 23.2 Å². The lowest BCUT2D eigenvalue weighted by Gasteiger charge is -2.07. The van der Waals surface area contributed by atoms with Gasteiger partial charge in [-0.2, -0.15) is 5.26 Å². The number of ether oxygens (including phenoxy) is 1. The summed E-state index contributed by atoms with van der Waals surface area (Å²) in [5.41, 5.74) is 0.0872. The number of nitrogens with zero attached hydrogens (tertiary/aromatic N) is 2. The maximum absolute atomic E-state index is 10.9. The Labute approximate surface area is 112 Å². The summed E-state index contributed by atoms with van der Waals surface area (Å²) in [4.78, 5) is 10.3. The highest BCUT2D eigenvalue weighted by molar-refractivity contribution is 5.51.